The first-order valence-electron chi connectivity index (χ1n) is 8.72. The van der Waals surface area contributed by atoms with Crippen molar-refractivity contribution in [3.8, 4) is 0 Å². The van der Waals surface area contributed by atoms with Crippen LogP contribution in [0.4, 0.5) is 10.1 Å². The van der Waals surface area contributed by atoms with E-state index in [4.69, 9.17) is 16.7 Å². The highest BCUT2D eigenvalue weighted by atomic mass is 35.5. The van der Waals surface area contributed by atoms with Gasteiger partial charge in [-0.3, -0.25) is 9.59 Å². The second-order valence-electron chi connectivity index (χ2n) is 6.55. The standard InChI is InChI=1S/C19H21ClFN3O4S/c1-3-11(2)17(24-18(25)12-4-6-13(20)7-5-12)19(26)23-15-8-14(21)9-16(10-15)29(22,27)28/h4-11,17H,3H2,1-2H3,(H,23,26)(H,24,25)(H2,22,27,28). The number of amides is 2. The first kappa shape index (κ1) is 22.8. The molecule has 29 heavy (non-hydrogen) atoms. The molecule has 0 aromatic heterocycles. The van der Waals surface area contributed by atoms with Crippen LogP contribution < -0.4 is 15.8 Å². The Morgan fingerprint density at radius 1 is 1.17 bits per heavy atom. The predicted molar refractivity (Wildman–Crippen MR) is 109 cm³/mol. The Labute approximate surface area is 173 Å². The van der Waals surface area contributed by atoms with Crippen LogP contribution in [0, 0.1) is 11.7 Å². The first-order valence-corrected chi connectivity index (χ1v) is 10.6. The molecular formula is C19H21ClFN3O4S. The van der Waals surface area contributed by atoms with Gasteiger partial charge in [-0.05, 0) is 48.4 Å². The number of hydrogen-bond acceptors (Lipinski definition) is 4. The number of hydrogen-bond donors (Lipinski definition) is 3. The summed E-state index contributed by atoms with van der Waals surface area (Å²) >= 11 is 5.82. The van der Waals surface area contributed by atoms with Gasteiger partial charge in [-0.25, -0.2) is 17.9 Å². The van der Waals surface area contributed by atoms with E-state index in [1.807, 2.05) is 6.92 Å². The fourth-order valence-electron chi connectivity index (χ4n) is 2.55. The summed E-state index contributed by atoms with van der Waals surface area (Å²) in [7, 11) is -4.16. The van der Waals surface area contributed by atoms with Crippen molar-refractivity contribution in [3.63, 3.8) is 0 Å². The largest absolute Gasteiger partial charge is 0.340 e. The molecule has 2 rings (SSSR count). The molecule has 2 unspecified atom stereocenters. The third kappa shape index (κ3) is 6.25. The fourth-order valence-corrected chi connectivity index (χ4v) is 3.24. The topological polar surface area (TPSA) is 118 Å². The van der Waals surface area contributed by atoms with Crippen LogP contribution in [0.3, 0.4) is 0 Å². The van der Waals surface area contributed by atoms with Crippen LogP contribution in [-0.4, -0.2) is 26.3 Å². The third-order valence-corrected chi connectivity index (χ3v) is 5.50. The number of anilines is 1. The first-order chi connectivity index (χ1) is 13.5. The summed E-state index contributed by atoms with van der Waals surface area (Å²) in [5, 5.41) is 10.6. The molecule has 4 N–H and O–H groups in total. The number of nitrogens with two attached hydrogens (primary N) is 1. The normalized spacial score (nSPS) is 13.4. The molecule has 0 aliphatic carbocycles. The number of halogens is 2. The molecule has 2 atom stereocenters. The SMILES string of the molecule is CCC(C)C(NC(=O)c1ccc(Cl)cc1)C(=O)Nc1cc(F)cc(S(N)(=O)=O)c1. The summed E-state index contributed by atoms with van der Waals surface area (Å²) in [6.07, 6.45) is 0.574. The van der Waals surface area contributed by atoms with E-state index in [9.17, 15) is 22.4 Å². The van der Waals surface area contributed by atoms with Crippen molar-refractivity contribution < 1.29 is 22.4 Å². The molecule has 0 spiro atoms. The number of benzene rings is 2. The highest BCUT2D eigenvalue weighted by molar-refractivity contribution is 7.89. The average Bonchev–Trinajstić information content (AvgIpc) is 2.64. The van der Waals surface area contributed by atoms with E-state index in [1.54, 1.807) is 19.1 Å². The Balaban J connectivity index is 2.24. The number of sulfonamides is 1. The number of primary sulfonamides is 1. The van der Waals surface area contributed by atoms with Crippen LogP contribution in [0.1, 0.15) is 30.6 Å². The second-order valence-corrected chi connectivity index (χ2v) is 8.55. The lowest BCUT2D eigenvalue weighted by Gasteiger charge is -2.23. The van der Waals surface area contributed by atoms with Crippen molar-refractivity contribution in [2.75, 3.05) is 5.32 Å². The molecule has 0 saturated heterocycles. The maximum Gasteiger partial charge on any atom is 0.251 e. The van der Waals surface area contributed by atoms with E-state index in [2.05, 4.69) is 10.6 Å². The van der Waals surface area contributed by atoms with Gasteiger partial charge in [0, 0.05) is 16.3 Å². The Hall–Kier alpha value is -2.49. The van der Waals surface area contributed by atoms with Gasteiger partial charge in [0.15, 0.2) is 0 Å². The minimum Gasteiger partial charge on any atom is -0.340 e. The van der Waals surface area contributed by atoms with Crippen molar-refractivity contribution in [3.05, 3.63) is 58.9 Å². The van der Waals surface area contributed by atoms with Crippen LogP contribution in [0.5, 0.6) is 0 Å². The molecular weight excluding hydrogens is 421 g/mol. The maximum atomic E-state index is 13.7. The molecule has 156 valence electrons. The van der Waals surface area contributed by atoms with Gasteiger partial charge < -0.3 is 10.6 Å². The molecule has 0 fully saturated rings. The highest BCUT2D eigenvalue weighted by Crippen LogP contribution is 2.19. The fraction of sp³-hybridized carbons (Fsp3) is 0.263. The highest BCUT2D eigenvalue weighted by Gasteiger charge is 2.27. The third-order valence-electron chi connectivity index (χ3n) is 4.36. The Morgan fingerprint density at radius 3 is 2.34 bits per heavy atom. The van der Waals surface area contributed by atoms with Crippen LogP contribution in [0.2, 0.25) is 5.02 Å². The Bertz CT molecular complexity index is 1010. The molecule has 0 radical (unpaired) electrons. The lowest BCUT2D eigenvalue weighted by atomic mass is 9.97. The van der Waals surface area contributed by atoms with E-state index in [1.165, 1.54) is 12.1 Å². The van der Waals surface area contributed by atoms with E-state index < -0.39 is 38.6 Å². The molecule has 7 nitrogen and oxygen atoms in total. The second kappa shape index (κ2) is 9.34. The van der Waals surface area contributed by atoms with Crippen LogP contribution in [0.25, 0.3) is 0 Å². The predicted octanol–water partition coefficient (Wildman–Crippen LogP) is 2.91. The van der Waals surface area contributed by atoms with Gasteiger partial charge in [-0.2, -0.15) is 0 Å². The lowest BCUT2D eigenvalue weighted by molar-refractivity contribution is -0.119. The molecule has 2 amide bonds. The van der Waals surface area contributed by atoms with E-state index in [0.717, 1.165) is 18.2 Å². The van der Waals surface area contributed by atoms with Crippen molar-refractivity contribution >= 4 is 39.1 Å². The van der Waals surface area contributed by atoms with E-state index >= 15 is 0 Å². The molecule has 0 aliphatic heterocycles. The van der Waals surface area contributed by atoms with Crippen LogP contribution in [-0.2, 0) is 14.8 Å². The lowest BCUT2D eigenvalue weighted by Crippen LogP contribution is -2.47. The molecule has 10 heteroatoms. The van der Waals surface area contributed by atoms with E-state index in [-0.39, 0.29) is 11.6 Å². The Morgan fingerprint density at radius 2 is 1.79 bits per heavy atom. The van der Waals surface area contributed by atoms with Crippen molar-refractivity contribution in [2.45, 2.75) is 31.2 Å². The van der Waals surface area contributed by atoms with Gasteiger partial charge in [-0.1, -0.05) is 31.9 Å². The van der Waals surface area contributed by atoms with Gasteiger partial charge in [0.25, 0.3) is 5.91 Å². The minimum atomic E-state index is -4.16. The smallest absolute Gasteiger partial charge is 0.251 e. The van der Waals surface area contributed by atoms with Crippen molar-refractivity contribution in [1.29, 1.82) is 0 Å². The molecule has 0 heterocycles. The number of rotatable bonds is 7. The summed E-state index contributed by atoms with van der Waals surface area (Å²) in [5.74, 6) is -2.23. The Kier molecular flexibility index (Phi) is 7.34. The summed E-state index contributed by atoms with van der Waals surface area (Å²) in [5.41, 5.74) is 0.228. The minimum absolute atomic E-state index is 0.0898. The molecule has 0 aliphatic rings. The van der Waals surface area contributed by atoms with Crippen molar-refractivity contribution in [2.24, 2.45) is 11.1 Å². The van der Waals surface area contributed by atoms with Crippen molar-refractivity contribution in [1.82, 2.24) is 5.32 Å². The van der Waals surface area contributed by atoms with Gasteiger partial charge >= 0.3 is 0 Å². The monoisotopic (exact) mass is 441 g/mol. The van der Waals surface area contributed by atoms with Gasteiger partial charge in [0.05, 0.1) is 4.90 Å². The zero-order valence-corrected chi connectivity index (χ0v) is 17.4. The quantitative estimate of drug-likeness (QED) is 0.612. The van der Waals surface area contributed by atoms with Gasteiger partial charge in [0.1, 0.15) is 11.9 Å². The summed E-state index contributed by atoms with van der Waals surface area (Å²) in [6, 6.07) is 7.96. The number of nitrogens with one attached hydrogen (secondary N) is 2. The number of carbonyl (C=O) groups excluding carboxylic acids is 2. The summed E-state index contributed by atoms with van der Waals surface area (Å²) in [6.45, 7) is 3.62. The van der Waals surface area contributed by atoms with Gasteiger partial charge in [-0.15, -0.1) is 0 Å². The summed E-state index contributed by atoms with van der Waals surface area (Å²) in [4.78, 5) is 24.8. The average molecular weight is 442 g/mol. The zero-order chi connectivity index (χ0) is 21.8. The molecule has 0 bridgehead atoms. The summed E-state index contributed by atoms with van der Waals surface area (Å²) < 4.78 is 36.7. The molecule has 2 aromatic carbocycles. The number of carbonyl (C=O) groups is 2. The maximum absolute atomic E-state index is 13.7. The van der Waals surface area contributed by atoms with E-state index in [0.29, 0.717) is 17.0 Å². The zero-order valence-electron chi connectivity index (χ0n) is 15.8. The van der Waals surface area contributed by atoms with Crippen LogP contribution in [0.15, 0.2) is 47.4 Å². The van der Waals surface area contributed by atoms with Gasteiger partial charge in [0.2, 0.25) is 15.9 Å². The molecule has 0 saturated carbocycles. The van der Waals surface area contributed by atoms with Crippen LogP contribution >= 0.6 is 11.6 Å². The molecule has 2 aromatic rings.